The van der Waals surface area contributed by atoms with Crippen LogP contribution in [0.5, 0.6) is 0 Å². The standard InChI is InChI=1S/C11H17NOS/c12-6-5-9(13)11-7-8-3-1-2-4-10(8)14-11/h7,9,13H,1-6,12H2/t9-/m1/s1. The zero-order chi connectivity index (χ0) is 9.97. The van der Waals surface area contributed by atoms with Crippen LogP contribution in [-0.2, 0) is 12.8 Å². The van der Waals surface area contributed by atoms with E-state index < -0.39 is 0 Å². The third-order valence-electron chi connectivity index (χ3n) is 2.78. The number of hydrogen-bond acceptors (Lipinski definition) is 3. The maximum Gasteiger partial charge on any atom is 0.0894 e. The molecule has 14 heavy (non-hydrogen) atoms. The van der Waals surface area contributed by atoms with Gasteiger partial charge < -0.3 is 10.8 Å². The highest BCUT2D eigenvalue weighted by molar-refractivity contribution is 7.12. The van der Waals surface area contributed by atoms with Crippen LogP contribution in [0.15, 0.2) is 6.07 Å². The maximum atomic E-state index is 9.80. The van der Waals surface area contributed by atoms with Gasteiger partial charge in [-0.05, 0) is 50.3 Å². The lowest BCUT2D eigenvalue weighted by Gasteiger charge is -2.08. The van der Waals surface area contributed by atoms with Crippen molar-refractivity contribution >= 4 is 11.3 Å². The highest BCUT2D eigenvalue weighted by Crippen LogP contribution is 2.33. The summed E-state index contributed by atoms with van der Waals surface area (Å²) in [6, 6.07) is 2.18. The van der Waals surface area contributed by atoms with Crippen LogP contribution in [-0.4, -0.2) is 11.7 Å². The summed E-state index contributed by atoms with van der Waals surface area (Å²) < 4.78 is 0. The van der Waals surface area contributed by atoms with Gasteiger partial charge in [0.05, 0.1) is 6.10 Å². The van der Waals surface area contributed by atoms with E-state index in [2.05, 4.69) is 6.07 Å². The Morgan fingerprint density at radius 3 is 2.93 bits per heavy atom. The molecule has 0 bridgehead atoms. The van der Waals surface area contributed by atoms with Crippen LogP contribution in [0, 0.1) is 0 Å². The monoisotopic (exact) mass is 211 g/mol. The number of fused-ring (bicyclic) bond motifs is 1. The molecule has 0 spiro atoms. The molecular weight excluding hydrogens is 194 g/mol. The van der Waals surface area contributed by atoms with Gasteiger partial charge in [0, 0.05) is 9.75 Å². The molecular formula is C11H17NOS. The molecule has 0 unspecified atom stereocenters. The zero-order valence-electron chi connectivity index (χ0n) is 8.33. The van der Waals surface area contributed by atoms with Crippen molar-refractivity contribution in [2.24, 2.45) is 5.73 Å². The normalized spacial score (nSPS) is 17.9. The van der Waals surface area contributed by atoms with Gasteiger partial charge in [-0.1, -0.05) is 0 Å². The van der Waals surface area contributed by atoms with Gasteiger partial charge in [0.1, 0.15) is 0 Å². The summed E-state index contributed by atoms with van der Waals surface area (Å²) >= 11 is 1.78. The topological polar surface area (TPSA) is 46.2 Å². The Balaban J connectivity index is 2.15. The Kier molecular flexibility index (Phi) is 3.21. The van der Waals surface area contributed by atoms with Gasteiger partial charge in [-0.15, -0.1) is 11.3 Å². The molecule has 3 N–H and O–H groups in total. The van der Waals surface area contributed by atoms with Crippen molar-refractivity contribution in [3.05, 3.63) is 21.4 Å². The van der Waals surface area contributed by atoms with Gasteiger partial charge in [0.15, 0.2) is 0 Å². The van der Waals surface area contributed by atoms with Crippen LogP contribution in [0.1, 0.15) is 40.7 Å². The quantitative estimate of drug-likeness (QED) is 0.803. The van der Waals surface area contributed by atoms with Crippen LogP contribution in [0.25, 0.3) is 0 Å². The molecule has 0 radical (unpaired) electrons. The Labute approximate surface area is 88.8 Å². The van der Waals surface area contributed by atoms with Crippen LogP contribution in [0.2, 0.25) is 0 Å². The number of thiophene rings is 1. The average molecular weight is 211 g/mol. The molecule has 0 amide bonds. The molecule has 1 aliphatic rings. The summed E-state index contributed by atoms with van der Waals surface area (Å²) in [6.07, 6.45) is 5.35. The SMILES string of the molecule is NCC[C@@H](O)c1cc2c(s1)CCCC2. The summed E-state index contributed by atoms with van der Waals surface area (Å²) in [5, 5.41) is 9.80. The van der Waals surface area contributed by atoms with Crippen LogP contribution in [0.3, 0.4) is 0 Å². The van der Waals surface area contributed by atoms with E-state index >= 15 is 0 Å². The highest BCUT2D eigenvalue weighted by Gasteiger charge is 2.16. The largest absolute Gasteiger partial charge is 0.388 e. The summed E-state index contributed by atoms with van der Waals surface area (Å²) in [5.41, 5.74) is 6.90. The third-order valence-corrected chi connectivity index (χ3v) is 4.12. The first-order valence-corrected chi connectivity index (χ1v) is 6.12. The first kappa shape index (κ1) is 10.1. The molecule has 1 aromatic heterocycles. The first-order chi connectivity index (χ1) is 6.81. The minimum Gasteiger partial charge on any atom is -0.388 e. The molecule has 2 nitrogen and oxygen atoms in total. The lowest BCUT2D eigenvalue weighted by atomic mass is 9.99. The van der Waals surface area contributed by atoms with E-state index in [1.807, 2.05) is 0 Å². The predicted molar refractivity (Wildman–Crippen MR) is 59.6 cm³/mol. The fraction of sp³-hybridized carbons (Fsp3) is 0.636. The van der Waals surface area contributed by atoms with Crippen LogP contribution < -0.4 is 5.73 Å². The smallest absolute Gasteiger partial charge is 0.0894 e. The van der Waals surface area contributed by atoms with E-state index in [0.29, 0.717) is 13.0 Å². The van der Waals surface area contributed by atoms with Gasteiger partial charge in [-0.25, -0.2) is 0 Å². The van der Waals surface area contributed by atoms with Crippen LogP contribution in [0.4, 0.5) is 0 Å². The lowest BCUT2D eigenvalue weighted by Crippen LogP contribution is -2.05. The van der Waals surface area contributed by atoms with Crippen molar-refractivity contribution in [1.29, 1.82) is 0 Å². The second-order valence-corrected chi connectivity index (χ2v) is 5.07. The molecule has 3 heteroatoms. The molecule has 0 saturated carbocycles. The highest BCUT2D eigenvalue weighted by atomic mass is 32.1. The Morgan fingerprint density at radius 2 is 2.21 bits per heavy atom. The van der Waals surface area contributed by atoms with Crippen molar-refractivity contribution in [2.45, 2.75) is 38.2 Å². The maximum absolute atomic E-state index is 9.80. The van der Waals surface area contributed by atoms with Gasteiger partial charge in [0.2, 0.25) is 0 Å². The van der Waals surface area contributed by atoms with Gasteiger partial charge >= 0.3 is 0 Å². The third kappa shape index (κ3) is 2.00. The van der Waals surface area contributed by atoms with Gasteiger partial charge in [-0.3, -0.25) is 0 Å². The van der Waals surface area contributed by atoms with Crippen molar-refractivity contribution in [3.8, 4) is 0 Å². The summed E-state index contributed by atoms with van der Waals surface area (Å²) in [4.78, 5) is 2.60. The Hall–Kier alpha value is -0.380. The average Bonchev–Trinajstić information content (AvgIpc) is 2.61. The number of hydrogen-bond donors (Lipinski definition) is 2. The minimum atomic E-state index is -0.337. The molecule has 0 aliphatic heterocycles. The first-order valence-electron chi connectivity index (χ1n) is 5.31. The van der Waals surface area contributed by atoms with Crippen LogP contribution >= 0.6 is 11.3 Å². The minimum absolute atomic E-state index is 0.337. The zero-order valence-corrected chi connectivity index (χ0v) is 9.15. The molecule has 1 heterocycles. The lowest BCUT2D eigenvalue weighted by molar-refractivity contribution is 0.174. The molecule has 2 rings (SSSR count). The summed E-state index contributed by atoms with van der Waals surface area (Å²) in [6.45, 7) is 0.559. The fourth-order valence-corrected chi connectivity index (χ4v) is 3.26. The molecule has 1 aromatic rings. The summed E-state index contributed by atoms with van der Waals surface area (Å²) in [5.74, 6) is 0. The number of nitrogens with two attached hydrogens (primary N) is 1. The van der Waals surface area contributed by atoms with E-state index in [1.165, 1.54) is 36.1 Å². The van der Waals surface area contributed by atoms with Crippen molar-refractivity contribution in [1.82, 2.24) is 0 Å². The van der Waals surface area contributed by atoms with E-state index in [9.17, 15) is 5.11 Å². The van der Waals surface area contributed by atoms with Crippen molar-refractivity contribution in [2.75, 3.05) is 6.54 Å². The molecule has 0 aromatic carbocycles. The Bertz CT molecular complexity index is 285. The van der Waals surface area contributed by atoms with Gasteiger partial charge in [0.25, 0.3) is 0 Å². The number of aryl methyl sites for hydroxylation is 2. The molecule has 1 aliphatic carbocycles. The predicted octanol–water partition coefficient (Wildman–Crippen LogP) is 2.01. The van der Waals surface area contributed by atoms with E-state index in [0.717, 1.165) is 4.88 Å². The number of aliphatic hydroxyl groups is 1. The molecule has 78 valence electrons. The molecule has 1 atom stereocenters. The fourth-order valence-electron chi connectivity index (χ4n) is 1.98. The van der Waals surface area contributed by atoms with Gasteiger partial charge in [-0.2, -0.15) is 0 Å². The summed E-state index contributed by atoms with van der Waals surface area (Å²) in [7, 11) is 0. The Morgan fingerprint density at radius 1 is 1.43 bits per heavy atom. The number of rotatable bonds is 3. The van der Waals surface area contributed by atoms with E-state index in [1.54, 1.807) is 11.3 Å². The number of aliphatic hydroxyl groups excluding tert-OH is 1. The van der Waals surface area contributed by atoms with Crippen molar-refractivity contribution in [3.63, 3.8) is 0 Å². The van der Waals surface area contributed by atoms with E-state index in [-0.39, 0.29) is 6.10 Å². The molecule has 0 fully saturated rings. The second-order valence-electron chi connectivity index (χ2n) is 3.90. The van der Waals surface area contributed by atoms with E-state index in [4.69, 9.17) is 5.73 Å². The second kappa shape index (κ2) is 4.43. The molecule has 0 saturated heterocycles. The van der Waals surface area contributed by atoms with Crippen molar-refractivity contribution < 1.29 is 5.11 Å².